The number of carbonyl (C=O) groups is 1. The number of nitro groups is 1. The lowest BCUT2D eigenvalue weighted by atomic mass is 9.99. The van der Waals surface area contributed by atoms with Crippen LogP contribution in [0.3, 0.4) is 0 Å². The lowest BCUT2D eigenvalue weighted by molar-refractivity contribution is -0.384. The molecule has 0 saturated heterocycles. The smallest absolute Gasteiger partial charge is 0.313 e. The Morgan fingerprint density at radius 3 is 2.44 bits per heavy atom. The Morgan fingerprint density at radius 2 is 1.78 bits per heavy atom. The second-order valence-corrected chi connectivity index (χ2v) is 9.08. The third kappa shape index (κ3) is 5.36. The summed E-state index contributed by atoms with van der Waals surface area (Å²) in [5.74, 6) is -1.15. The van der Waals surface area contributed by atoms with Crippen LogP contribution in [-0.2, 0) is 11.8 Å². The number of rotatable bonds is 6. The van der Waals surface area contributed by atoms with E-state index in [1.807, 2.05) is 49.5 Å². The fourth-order valence-corrected chi connectivity index (χ4v) is 4.57. The van der Waals surface area contributed by atoms with Crippen molar-refractivity contribution < 1.29 is 14.8 Å². The number of nitrogens with zero attached hydrogens (tertiary/aromatic N) is 4. The summed E-state index contributed by atoms with van der Waals surface area (Å²) in [6.45, 7) is 1.72. The molecule has 9 heteroatoms. The number of benzene rings is 3. The number of amidine groups is 1. The van der Waals surface area contributed by atoms with Gasteiger partial charge in [0.1, 0.15) is 0 Å². The predicted octanol–water partition coefficient (Wildman–Crippen LogP) is 6.03. The summed E-state index contributed by atoms with van der Waals surface area (Å²) < 4.78 is 2.13. The maximum atomic E-state index is 11.7. The molecule has 0 amide bonds. The number of aryl methyl sites for hydroxylation is 1. The van der Waals surface area contributed by atoms with E-state index in [0.29, 0.717) is 22.0 Å². The van der Waals surface area contributed by atoms with Crippen molar-refractivity contribution in [2.24, 2.45) is 17.0 Å². The van der Waals surface area contributed by atoms with E-state index in [-0.39, 0.29) is 11.4 Å². The monoisotopic (exact) mass is 500 g/mol. The molecular weight excluding hydrogens is 476 g/mol. The number of aliphatic carboxylic acids is 1. The molecule has 0 radical (unpaired) electrons. The first-order valence-corrected chi connectivity index (χ1v) is 12.1. The number of hydrogen-bond donors (Lipinski definition) is 1. The van der Waals surface area contributed by atoms with Gasteiger partial charge in [-0.2, -0.15) is 0 Å². The molecule has 0 atom stereocenters. The molecule has 4 aromatic rings. The highest BCUT2D eigenvalue weighted by molar-refractivity contribution is 8.14. The molecule has 1 heterocycles. The van der Waals surface area contributed by atoms with E-state index in [0.717, 1.165) is 39.5 Å². The van der Waals surface area contributed by atoms with Gasteiger partial charge >= 0.3 is 5.97 Å². The molecule has 36 heavy (non-hydrogen) atoms. The molecule has 0 aliphatic heterocycles. The number of hydrogen-bond acceptors (Lipinski definition) is 5. The average Bonchev–Trinajstić information content (AvgIpc) is 3.22. The Bertz CT molecular complexity index is 1520. The van der Waals surface area contributed by atoms with Crippen LogP contribution in [0, 0.1) is 10.1 Å². The minimum Gasteiger partial charge on any atom is -0.481 e. The van der Waals surface area contributed by atoms with Gasteiger partial charge in [-0.05, 0) is 47.9 Å². The molecule has 3 aromatic carbocycles. The molecule has 0 aliphatic carbocycles. The molecule has 182 valence electrons. The topological polar surface area (TPSA) is 110 Å². The van der Waals surface area contributed by atoms with E-state index in [1.165, 1.54) is 13.1 Å². The van der Waals surface area contributed by atoms with Gasteiger partial charge < -0.3 is 9.67 Å². The molecular formula is C27H24N4O4S. The first kappa shape index (κ1) is 24.9. The van der Waals surface area contributed by atoms with Crippen LogP contribution < -0.4 is 0 Å². The van der Waals surface area contributed by atoms with Crippen LogP contribution >= 0.6 is 11.8 Å². The summed E-state index contributed by atoms with van der Waals surface area (Å²) in [5.41, 5.74) is 5.79. The van der Waals surface area contributed by atoms with E-state index >= 15 is 0 Å². The fourth-order valence-electron chi connectivity index (χ4n) is 3.99. The molecule has 1 aromatic heterocycles. The third-order valence-corrected chi connectivity index (χ3v) is 6.69. The van der Waals surface area contributed by atoms with Gasteiger partial charge in [-0.3, -0.25) is 19.9 Å². The van der Waals surface area contributed by atoms with E-state index in [9.17, 15) is 14.9 Å². The van der Waals surface area contributed by atoms with Gasteiger partial charge in [0.2, 0.25) is 0 Å². The number of fused-ring (bicyclic) bond motifs is 1. The van der Waals surface area contributed by atoms with E-state index in [1.54, 1.807) is 13.0 Å². The van der Waals surface area contributed by atoms with Gasteiger partial charge in [0.05, 0.1) is 10.7 Å². The second-order valence-electron chi connectivity index (χ2n) is 8.14. The molecule has 0 unspecified atom stereocenters. The van der Waals surface area contributed by atoms with Gasteiger partial charge in [-0.15, -0.1) is 0 Å². The van der Waals surface area contributed by atoms with Crippen molar-refractivity contribution in [1.29, 1.82) is 0 Å². The summed E-state index contributed by atoms with van der Waals surface area (Å²) in [4.78, 5) is 30.6. The van der Waals surface area contributed by atoms with Gasteiger partial charge in [-0.1, -0.05) is 48.2 Å². The SMILES string of the molecule is CN=C(N=C(C)c1cc(-c2ccc3c(c2)cc(-c2ccccc2)n3C)cc([N+](=O)[O-])c1)SCC(=O)O. The highest BCUT2D eigenvalue weighted by atomic mass is 32.2. The van der Waals surface area contributed by atoms with Crippen molar-refractivity contribution in [3.05, 3.63) is 88.5 Å². The Balaban J connectivity index is 1.77. The molecule has 0 spiro atoms. The van der Waals surface area contributed by atoms with E-state index in [2.05, 4.69) is 32.8 Å². The summed E-state index contributed by atoms with van der Waals surface area (Å²) >= 11 is 0.994. The molecule has 0 saturated carbocycles. The Hall–Kier alpha value is -4.24. The normalized spacial score (nSPS) is 12.2. The number of carboxylic acid groups (broad SMARTS) is 1. The second kappa shape index (κ2) is 10.6. The average molecular weight is 501 g/mol. The summed E-state index contributed by atoms with van der Waals surface area (Å²) in [6.07, 6.45) is 0. The first-order valence-electron chi connectivity index (χ1n) is 11.1. The Kier molecular flexibility index (Phi) is 7.30. The number of aromatic nitrogens is 1. The molecule has 1 N–H and O–H groups in total. The molecule has 4 rings (SSSR count). The van der Waals surface area contributed by atoms with Crippen molar-refractivity contribution in [3.8, 4) is 22.4 Å². The quantitative estimate of drug-likeness (QED) is 0.150. The van der Waals surface area contributed by atoms with Gasteiger partial charge in [0.25, 0.3) is 5.69 Å². The summed E-state index contributed by atoms with van der Waals surface area (Å²) in [7, 11) is 3.55. The van der Waals surface area contributed by atoms with E-state index in [4.69, 9.17) is 5.11 Å². The van der Waals surface area contributed by atoms with Gasteiger partial charge in [0.15, 0.2) is 5.17 Å². The number of carboxylic acids is 1. The van der Waals surface area contributed by atoms with E-state index < -0.39 is 10.9 Å². The number of non-ortho nitro benzene ring substituents is 1. The van der Waals surface area contributed by atoms with Gasteiger partial charge in [0, 0.05) is 54.1 Å². The number of aliphatic imine (C=N–C) groups is 2. The predicted molar refractivity (Wildman–Crippen MR) is 146 cm³/mol. The third-order valence-electron chi connectivity index (χ3n) is 5.77. The van der Waals surface area contributed by atoms with Crippen LogP contribution in [-0.4, -0.2) is 44.2 Å². The fraction of sp³-hybridized carbons (Fsp3) is 0.148. The molecule has 0 fully saturated rings. The van der Waals surface area contributed by atoms with Crippen molar-refractivity contribution in [3.63, 3.8) is 0 Å². The highest BCUT2D eigenvalue weighted by Crippen LogP contribution is 2.32. The van der Waals surface area contributed by atoms with Gasteiger partial charge in [-0.25, -0.2) is 4.99 Å². The molecule has 0 bridgehead atoms. The molecule has 8 nitrogen and oxygen atoms in total. The summed E-state index contributed by atoms with van der Waals surface area (Å²) in [5, 5.41) is 21.9. The molecule has 0 aliphatic rings. The van der Waals surface area contributed by atoms with Crippen molar-refractivity contribution >= 4 is 45.2 Å². The Labute approximate surface area is 212 Å². The zero-order chi connectivity index (χ0) is 25.8. The standard InChI is InChI=1S/C27H24N4O4S/c1-17(29-27(28-2)36-16-26(32)33)20-12-21(14-23(13-20)31(34)35)19-9-10-24-22(11-19)15-25(30(24)3)18-7-5-4-6-8-18/h4-15H,16H2,1-3H3,(H,32,33). The van der Waals surface area contributed by atoms with Crippen LogP contribution in [0.4, 0.5) is 5.69 Å². The van der Waals surface area contributed by atoms with Crippen LogP contribution in [0.25, 0.3) is 33.3 Å². The highest BCUT2D eigenvalue weighted by Gasteiger charge is 2.15. The largest absolute Gasteiger partial charge is 0.481 e. The van der Waals surface area contributed by atoms with Crippen LogP contribution in [0.15, 0.2) is 82.8 Å². The minimum atomic E-state index is -0.974. The summed E-state index contributed by atoms with van der Waals surface area (Å²) in [6, 6.07) is 23.1. The zero-order valence-electron chi connectivity index (χ0n) is 20.0. The maximum absolute atomic E-state index is 11.7. The Morgan fingerprint density at radius 1 is 1.03 bits per heavy atom. The first-order chi connectivity index (χ1) is 17.3. The minimum absolute atomic E-state index is 0.0524. The van der Waals surface area contributed by atoms with Crippen LogP contribution in [0.5, 0.6) is 0 Å². The van der Waals surface area contributed by atoms with Crippen LogP contribution in [0.1, 0.15) is 12.5 Å². The lowest BCUT2D eigenvalue weighted by Crippen LogP contribution is -2.05. The van der Waals surface area contributed by atoms with Crippen molar-refractivity contribution in [2.75, 3.05) is 12.8 Å². The van der Waals surface area contributed by atoms with Crippen molar-refractivity contribution in [2.45, 2.75) is 6.92 Å². The maximum Gasteiger partial charge on any atom is 0.313 e. The van der Waals surface area contributed by atoms with Crippen molar-refractivity contribution in [1.82, 2.24) is 4.57 Å². The number of nitro benzene ring substituents is 1. The number of thioether (sulfide) groups is 1. The lowest BCUT2D eigenvalue weighted by Gasteiger charge is -2.08. The zero-order valence-corrected chi connectivity index (χ0v) is 20.8. The van der Waals surface area contributed by atoms with Crippen LogP contribution in [0.2, 0.25) is 0 Å².